The van der Waals surface area contributed by atoms with E-state index in [9.17, 15) is 4.79 Å². The third-order valence-corrected chi connectivity index (χ3v) is 6.50. The molecule has 0 bridgehead atoms. The number of nitrogens with zero attached hydrogens (tertiary/aromatic N) is 1. The fourth-order valence-electron chi connectivity index (χ4n) is 2.54. The quantitative estimate of drug-likeness (QED) is 0.441. The summed E-state index contributed by atoms with van der Waals surface area (Å²) < 4.78 is 12.9. The van der Waals surface area contributed by atoms with Gasteiger partial charge in [0, 0.05) is 4.91 Å². The molecule has 1 aromatic heterocycles. The van der Waals surface area contributed by atoms with Crippen LogP contribution in [0.4, 0.5) is 0 Å². The van der Waals surface area contributed by atoms with Gasteiger partial charge in [-0.2, -0.15) is 0 Å². The zero-order valence-electron chi connectivity index (χ0n) is 15.3. The maximum atomic E-state index is 11.1. The SMILES string of the molecule is CCOc1c(Br)cc(/C=C(\SCC(=O)O)c2nc3ccccc3s2)cc1OC. The van der Waals surface area contributed by atoms with Gasteiger partial charge in [0.1, 0.15) is 5.01 Å². The van der Waals surface area contributed by atoms with Gasteiger partial charge in [0.15, 0.2) is 11.5 Å². The molecular formula is C20H18BrNO4S2. The van der Waals surface area contributed by atoms with Gasteiger partial charge in [-0.15, -0.1) is 23.1 Å². The number of hydrogen-bond donors (Lipinski definition) is 1. The Labute approximate surface area is 179 Å². The first-order valence-electron chi connectivity index (χ1n) is 8.44. The van der Waals surface area contributed by atoms with E-state index in [1.807, 2.05) is 49.4 Å². The normalized spacial score (nSPS) is 11.6. The molecular weight excluding hydrogens is 462 g/mol. The fraction of sp³-hybridized carbons (Fsp3) is 0.200. The number of thiazole rings is 1. The Morgan fingerprint density at radius 3 is 2.82 bits per heavy atom. The van der Waals surface area contributed by atoms with Crippen LogP contribution in [-0.4, -0.2) is 35.5 Å². The molecule has 146 valence electrons. The molecule has 28 heavy (non-hydrogen) atoms. The number of aromatic nitrogens is 1. The van der Waals surface area contributed by atoms with Crippen molar-refractivity contribution in [1.82, 2.24) is 4.98 Å². The van der Waals surface area contributed by atoms with Crippen LogP contribution in [0.25, 0.3) is 21.2 Å². The van der Waals surface area contributed by atoms with Gasteiger partial charge in [-0.1, -0.05) is 12.1 Å². The topological polar surface area (TPSA) is 68.7 Å². The molecule has 0 saturated heterocycles. The van der Waals surface area contributed by atoms with Crippen molar-refractivity contribution in [2.75, 3.05) is 19.5 Å². The van der Waals surface area contributed by atoms with Crippen molar-refractivity contribution in [3.63, 3.8) is 0 Å². The van der Waals surface area contributed by atoms with E-state index in [1.54, 1.807) is 18.4 Å². The van der Waals surface area contributed by atoms with Crippen LogP contribution in [0.3, 0.4) is 0 Å². The number of rotatable bonds is 8. The zero-order valence-corrected chi connectivity index (χ0v) is 18.5. The molecule has 5 nitrogen and oxygen atoms in total. The van der Waals surface area contributed by atoms with E-state index < -0.39 is 5.97 Å². The predicted octanol–water partition coefficient (Wildman–Crippen LogP) is 5.78. The van der Waals surface area contributed by atoms with Crippen molar-refractivity contribution >= 4 is 66.2 Å². The number of carboxylic acid groups (broad SMARTS) is 1. The summed E-state index contributed by atoms with van der Waals surface area (Å²) >= 11 is 6.32. The maximum absolute atomic E-state index is 11.1. The van der Waals surface area contributed by atoms with E-state index >= 15 is 0 Å². The molecule has 2 aromatic carbocycles. The van der Waals surface area contributed by atoms with Crippen LogP contribution in [0.5, 0.6) is 11.5 Å². The third-order valence-electron chi connectivity index (χ3n) is 3.69. The van der Waals surface area contributed by atoms with Gasteiger partial charge < -0.3 is 14.6 Å². The molecule has 1 N–H and O–H groups in total. The number of para-hydroxylation sites is 1. The second-order valence-corrected chi connectivity index (χ2v) is 8.55. The minimum Gasteiger partial charge on any atom is -0.493 e. The molecule has 0 spiro atoms. The number of carbonyl (C=O) groups is 1. The average Bonchev–Trinajstić information content (AvgIpc) is 3.10. The molecule has 3 rings (SSSR count). The summed E-state index contributed by atoms with van der Waals surface area (Å²) in [6.45, 7) is 2.43. The van der Waals surface area contributed by atoms with Crippen molar-refractivity contribution < 1.29 is 19.4 Å². The predicted molar refractivity (Wildman–Crippen MR) is 119 cm³/mol. The van der Waals surface area contributed by atoms with Crippen molar-refractivity contribution in [3.8, 4) is 11.5 Å². The summed E-state index contributed by atoms with van der Waals surface area (Å²) in [5.41, 5.74) is 1.76. The molecule has 3 aromatic rings. The number of hydrogen-bond acceptors (Lipinski definition) is 6. The summed E-state index contributed by atoms with van der Waals surface area (Å²) in [5.74, 6) is 0.329. The molecule has 0 saturated carbocycles. The monoisotopic (exact) mass is 479 g/mol. The van der Waals surface area contributed by atoms with E-state index in [4.69, 9.17) is 14.6 Å². The Bertz CT molecular complexity index is 999. The highest BCUT2D eigenvalue weighted by molar-refractivity contribution is 9.10. The molecule has 0 unspecified atom stereocenters. The molecule has 1 heterocycles. The minimum absolute atomic E-state index is 0.0446. The lowest BCUT2D eigenvalue weighted by atomic mass is 10.2. The number of thioether (sulfide) groups is 1. The Kier molecular flexibility index (Phi) is 6.98. The third kappa shape index (κ3) is 4.87. The van der Waals surface area contributed by atoms with E-state index in [-0.39, 0.29) is 5.75 Å². The average molecular weight is 480 g/mol. The van der Waals surface area contributed by atoms with Crippen LogP contribution in [0.2, 0.25) is 0 Å². The van der Waals surface area contributed by atoms with Gasteiger partial charge >= 0.3 is 5.97 Å². The summed E-state index contributed by atoms with van der Waals surface area (Å²) in [4.78, 5) is 16.6. The molecule has 0 amide bonds. The highest BCUT2D eigenvalue weighted by Crippen LogP contribution is 2.40. The number of fused-ring (bicyclic) bond motifs is 1. The van der Waals surface area contributed by atoms with E-state index in [0.717, 1.165) is 30.2 Å². The molecule has 0 aliphatic rings. The highest BCUT2D eigenvalue weighted by Gasteiger charge is 2.14. The van der Waals surface area contributed by atoms with Crippen molar-refractivity contribution in [1.29, 1.82) is 0 Å². The van der Waals surface area contributed by atoms with Crippen LogP contribution in [-0.2, 0) is 4.79 Å². The number of benzene rings is 2. The number of carboxylic acids is 1. The summed E-state index contributed by atoms with van der Waals surface area (Å²) in [6, 6.07) is 11.6. The lowest BCUT2D eigenvalue weighted by Gasteiger charge is -2.12. The molecule has 0 fully saturated rings. The number of ether oxygens (including phenoxy) is 2. The van der Waals surface area contributed by atoms with Crippen LogP contribution in [0.1, 0.15) is 17.5 Å². The molecule has 8 heteroatoms. The minimum atomic E-state index is -0.873. The standard InChI is InChI=1S/C20H18BrNO4S2/c1-3-26-19-13(21)8-12(9-15(19)25-2)10-17(27-11-18(23)24)20-22-14-6-4-5-7-16(14)28-20/h4-10H,3,11H2,1-2H3,(H,23,24)/b17-10-. The van der Waals surface area contributed by atoms with Gasteiger partial charge in [-0.25, -0.2) is 4.98 Å². The number of methoxy groups -OCH3 is 1. The van der Waals surface area contributed by atoms with Gasteiger partial charge in [-0.3, -0.25) is 4.79 Å². The largest absolute Gasteiger partial charge is 0.493 e. The van der Waals surface area contributed by atoms with E-state index in [2.05, 4.69) is 20.9 Å². The number of aliphatic carboxylic acids is 1. The molecule has 0 radical (unpaired) electrons. The zero-order chi connectivity index (χ0) is 20.1. The first kappa shape index (κ1) is 20.7. The summed E-state index contributed by atoms with van der Waals surface area (Å²) in [6.07, 6.45) is 1.92. The second-order valence-electron chi connectivity index (χ2n) is 5.64. The van der Waals surface area contributed by atoms with Gasteiger partial charge in [0.05, 0.1) is 34.2 Å². The fourth-order valence-corrected chi connectivity index (χ4v) is 4.96. The summed E-state index contributed by atoms with van der Waals surface area (Å²) in [7, 11) is 1.59. The second kappa shape index (κ2) is 9.45. The van der Waals surface area contributed by atoms with Crippen LogP contribution in [0, 0.1) is 0 Å². The van der Waals surface area contributed by atoms with Crippen molar-refractivity contribution in [3.05, 3.63) is 51.4 Å². The maximum Gasteiger partial charge on any atom is 0.313 e. The highest BCUT2D eigenvalue weighted by atomic mass is 79.9. The van der Waals surface area contributed by atoms with Crippen molar-refractivity contribution in [2.24, 2.45) is 0 Å². The molecule has 0 atom stereocenters. The van der Waals surface area contributed by atoms with Gasteiger partial charge in [0.25, 0.3) is 0 Å². The molecule has 0 aliphatic carbocycles. The van der Waals surface area contributed by atoms with Crippen LogP contribution in [0.15, 0.2) is 40.9 Å². The Morgan fingerprint density at radius 2 is 2.14 bits per heavy atom. The lowest BCUT2D eigenvalue weighted by Crippen LogP contribution is -1.98. The van der Waals surface area contributed by atoms with Gasteiger partial charge in [0.2, 0.25) is 0 Å². The van der Waals surface area contributed by atoms with Crippen LogP contribution >= 0.6 is 39.0 Å². The number of halogens is 1. The van der Waals surface area contributed by atoms with Gasteiger partial charge in [-0.05, 0) is 58.8 Å². The summed E-state index contributed by atoms with van der Waals surface area (Å²) in [5, 5.41) is 9.92. The van der Waals surface area contributed by atoms with Crippen LogP contribution < -0.4 is 9.47 Å². The lowest BCUT2D eigenvalue weighted by molar-refractivity contribution is -0.133. The Hall–Kier alpha value is -2.03. The van der Waals surface area contributed by atoms with Crippen molar-refractivity contribution in [2.45, 2.75) is 6.92 Å². The molecule has 0 aliphatic heterocycles. The Morgan fingerprint density at radius 1 is 1.36 bits per heavy atom. The van der Waals surface area contributed by atoms with E-state index in [0.29, 0.717) is 18.1 Å². The first-order valence-corrected chi connectivity index (χ1v) is 11.0. The Balaban J connectivity index is 2.05. The smallest absolute Gasteiger partial charge is 0.313 e. The first-order chi connectivity index (χ1) is 13.5. The van der Waals surface area contributed by atoms with E-state index in [1.165, 1.54) is 11.8 Å².